The van der Waals surface area contributed by atoms with Gasteiger partial charge >= 0.3 is 6.09 Å². The molecule has 2 fully saturated rings. The van der Waals surface area contributed by atoms with Crippen molar-refractivity contribution in [2.45, 2.75) is 70.7 Å². The summed E-state index contributed by atoms with van der Waals surface area (Å²) in [6.45, 7) is 5.20. The highest BCUT2D eigenvalue weighted by molar-refractivity contribution is 6.38. The average Bonchev–Trinajstić information content (AvgIpc) is 3.50. The number of Topliss-reactive ketones (excluding diaryl/α,β-unsaturated/α-hetero) is 1. The normalized spacial score (nSPS) is 20.3. The summed E-state index contributed by atoms with van der Waals surface area (Å²) in [6, 6.07) is 2.90. The van der Waals surface area contributed by atoms with E-state index in [9.17, 15) is 24.0 Å². The lowest BCUT2D eigenvalue weighted by atomic mass is 9.93. The molecule has 1 aromatic carbocycles. The first-order valence-corrected chi connectivity index (χ1v) is 11.6. The fraction of sp³-hybridized carbons (Fsp3) is 0.522. The molecule has 10 nitrogen and oxygen atoms in total. The second kappa shape index (κ2) is 10.9. The van der Waals surface area contributed by atoms with Crippen LogP contribution in [0.4, 0.5) is 10.5 Å². The second-order valence-corrected chi connectivity index (χ2v) is 9.42. The Bertz CT molecular complexity index is 994. The standard InChI is InChI=1S/C23H29ClN4O6/c1-11(2)34-23(33)28-17-7-4-14(24)10-16(17)21(31)27-18(9-13-8-12(3)25-20(13)30)19(29)22(32)26-15-5-6-15/h4,7,10-13,15,18H,5-6,8-9H2,1-3H3,(H,25,30)(H,26,32)(H,27,31)(H,28,33)/t12-,13+,18?/m1/s1. The first-order chi connectivity index (χ1) is 16.0. The molecule has 11 heteroatoms. The van der Waals surface area contributed by atoms with E-state index in [2.05, 4.69) is 21.3 Å². The van der Waals surface area contributed by atoms with Crippen LogP contribution in [0.1, 0.15) is 56.8 Å². The summed E-state index contributed by atoms with van der Waals surface area (Å²) in [4.78, 5) is 62.8. The van der Waals surface area contributed by atoms with E-state index in [0.717, 1.165) is 12.8 Å². The maximum atomic E-state index is 13.2. The molecule has 3 atom stereocenters. The molecule has 184 valence electrons. The molecule has 1 saturated heterocycles. The zero-order valence-electron chi connectivity index (χ0n) is 19.3. The van der Waals surface area contributed by atoms with E-state index in [1.165, 1.54) is 18.2 Å². The molecule has 1 heterocycles. The number of anilines is 1. The Kier molecular flexibility index (Phi) is 8.14. The number of hydrogen-bond acceptors (Lipinski definition) is 6. The van der Waals surface area contributed by atoms with E-state index < -0.39 is 35.7 Å². The zero-order valence-corrected chi connectivity index (χ0v) is 20.0. The van der Waals surface area contributed by atoms with Gasteiger partial charge in [0.1, 0.15) is 0 Å². The van der Waals surface area contributed by atoms with Crippen LogP contribution in [0.2, 0.25) is 5.02 Å². The van der Waals surface area contributed by atoms with Crippen molar-refractivity contribution >= 4 is 46.9 Å². The number of ether oxygens (including phenoxy) is 1. The molecule has 0 radical (unpaired) electrons. The Morgan fingerprint density at radius 3 is 2.50 bits per heavy atom. The van der Waals surface area contributed by atoms with Gasteiger partial charge in [0, 0.05) is 23.0 Å². The fourth-order valence-electron chi connectivity index (χ4n) is 3.72. The van der Waals surface area contributed by atoms with Crippen molar-refractivity contribution in [3.63, 3.8) is 0 Å². The van der Waals surface area contributed by atoms with Gasteiger partial charge in [-0.25, -0.2) is 4.79 Å². The molecule has 1 saturated carbocycles. The van der Waals surface area contributed by atoms with Crippen LogP contribution in [0.3, 0.4) is 0 Å². The lowest BCUT2D eigenvalue weighted by molar-refractivity contribution is -0.139. The van der Waals surface area contributed by atoms with E-state index in [-0.39, 0.29) is 46.8 Å². The minimum Gasteiger partial charge on any atom is -0.447 e. The summed E-state index contributed by atoms with van der Waals surface area (Å²) < 4.78 is 5.06. The first-order valence-electron chi connectivity index (χ1n) is 11.3. The van der Waals surface area contributed by atoms with Crippen molar-refractivity contribution in [2.75, 3.05) is 5.32 Å². The monoisotopic (exact) mass is 492 g/mol. The molecule has 4 N–H and O–H groups in total. The van der Waals surface area contributed by atoms with Crippen LogP contribution in [-0.2, 0) is 19.1 Å². The number of nitrogens with one attached hydrogen (secondary N) is 4. The highest BCUT2D eigenvalue weighted by Crippen LogP contribution is 2.24. The Labute approximate surface area is 202 Å². The Hall–Kier alpha value is -3.14. The van der Waals surface area contributed by atoms with E-state index in [1.807, 2.05) is 6.92 Å². The van der Waals surface area contributed by atoms with E-state index in [0.29, 0.717) is 6.42 Å². The van der Waals surface area contributed by atoms with Crippen LogP contribution < -0.4 is 21.3 Å². The van der Waals surface area contributed by atoms with Gasteiger partial charge in [-0.3, -0.25) is 24.5 Å². The molecule has 0 spiro atoms. The molecule has 1 aliphatic heterocycles. The SMILES string of the molecule is CC(C)OC(=O)Nc1ccc(Cl)cc1C(=O)NC(C[C@@H]1C[C@@H](C)NC1=O)C(=O)C(=O)NC1CC1. The highest BCUT2D eigenvalue weighted by atomic mass is 35.5. The lowest BCUT2D eigenvalue weighted by Gasteiger charge is -2.21. The predicted octanol–water partition coefficient (Wildman–Crippen LogP) is 2.16. The number of hydrogen-bond donors (Lipinski definition) is 4. The van der Waals surface area contributed by atoms with Crippen LogP contribution in [0.5, 0.6) is 0 Å². The molecule has 34 heavy (non-hydrogen) atoms. The number of rotatable bonds is 9. The summed E-state index contributed by atoms with van der Waals surface area (Å²) in [5, 5.41) is 10.7. The minimum atomic E-state index is -1.23. The molecule has 2 aliphatic rings. The van der Waals surface area contributed by atoms with Gasteiger partial charge < -0.3 is 20.7 Å². The van der Waals surface area contributed by atoms with E-state index in [4.69, 9.17) is 16.3 Å². The summed E-state index contributed by atoms with van der Waals surface area (Å²) in [7, 11) is 0. The van der Waals surface area contributed by atoms with Crippen LogP contribution >= 0.6 is 11.6 Å². The summed E-state index contributed by atoms with van der Waals surface area (Å²) >= 11 is 6.06. The van der Waals surface area contributed by atoms with E-state index >= 15 is 0 Å². The molecular weight excluding hydrogens is 464 g/mol. The maximum absolute atomic E-state index is 13.2. The Morgan fingerprint density at radius 1 is 1.21 bits per heavy atom. The van der Waals surface area contributed by atoms with Crippen molar-refractivity contribution < 1.29 is 28.7 Å². The van der Waals surface area contributed by atoms with Gasteiger partial charge in [-0.1, -0.05) is 11.6 Å². The van der Waals surface area contributed by atoms with Gasteiger partial charge in [-0.2, -0.15) is 0 Å². The third kappa shape index (κ3) is 6.93. The van der Waals surface area contributed by atoms with Crippen LogP contribution in [0.15, 0.2) is 18.2 Å². The molecule has 1 unspecified atom stereocenters. The molecule has 0 aromatic heterocycles. The van der Waals surface area contributed by atoms with Crippen molar-refractivity contribution in [1.82, 2.24) is 16.0 Å². The second-order valence-electron chi connectivity index (χ2n) is 8.98. The Morgan fingerprint density at radius 2 is 1.91 bits per heavy atom. The highest BCUT2D eigenvalue weighted by Gasteiger charge is 2.37. The van der Waals surface area contributed by atoms with E-state index in [1.54, 1.807) is 13.8 Å². The number of halogens is 1. The molecule has 4 amide bonds. The largest absolute Gasteiger partial charge is 0.447 e. The minimum absolute atomic E-state index is 0.0159. The Balaban J connectivity index is 1.80. The van der Waals surface area contributed by atoms with Gasteiger partial charge in [0.2, 0.25) is 11.7 Å². The van der Waals surface area contributed by atoms with Crippen LogP contribution in [-0.4, -0.2) is 53.8 Å². The quantitative estimate of drug-likeness (QED) is 0.389. The van der Waals surface area contributed by atoms with Gasteiger partial charge in [-0.15, -0.1) is 0 Å². The summed E-state index contributed by atoms with van der Waals surface area (Å²) in [6.07, 6.45) is 0.896. The van der Waals surface area contributed by atoms with Crippen LogP contribution in [0.25, 0.3) is 0 Å². The topological polar surface area (TPSA) is 143 Å². The summed E-state index contributed by atoms with van der Waals surface area (Å²) in [5.74, 6) is -3.13. The van der Waals surface area contributed by atoms with Crippen molar-refractivity contribution in [1.29, 1.82) is 0 Å². The molecule has 1 aliphatic carbocycles. The summed E-state index contributed by atoms with van der Waals surface area (Å²) in [5.41, 5.74) is 0.103. The number of benzene rings is 1. The zero-order chi connectivity index (χ0) is 25.0. The third-order valence-corrected chi connectivity index (χ3v) is 5.72. The van der Waals surface area contributed by atoms with Gasteiger partial charge in [0.05, 0.1) is 23.4 Å². The number of ketones is 1. The van der Waals surface area contributed by atoms with Crippen molar-refractivity contribution in [3.8, 4) is 0 Å². The number of carbonyl (C=O) groups excluding carboxylic acids is 5. The molecular formula is C23H29ClN4O6. The van der Waals surface area contributed by atoms with Crippen molar-refractivity contribution in [2.24, 2.45) is 5.92 Å². The molecule has 1 aromatic rings. The predicted molar refractivity (Wildman–Crippen MR) is 124 cm³/mol. The average molecular weight is 493 g/mol. The molecule has 3 rings (SSSR count). The van der Waals surface area contributed by atoms with Gasteiger partial charge in [0.25, 0.3) is 11.8 Å². The fourth-order valence-corrected chi connectivity index (χ4v) is 3.89. The number of carbonyl (C=O) groups is 5. The van der Waals surface area contributed by atoms with Gasteiger partial charge in [-0.05, 0) is 64.7 Å². The van der Waals surface area contributed by atoms with Crippen LogP contribution in [0, 0.1) is 5.92 Å². The smallest absolute Gasteiger partial charge is 0.411 e. The first kappa shape index (κ1) is 25.5. The molecule has 0 bridgehead atoms. The number of amides is 4. The third-order valence-electron chi connectivity index (χ3n) is 5.48. The maximum Gasteiger partial charge on any atom is 0.411 e. The van der Waals surface area contributed by atoms with Gasteiger partial charge in [0.15, 0.2) is 0 Å². The van der Waals surface area contributed by atoms with Crippen molar-refractivity contribution in [3.05, 3.63) is 28.8 Å². The lowest BCUT2D eigenvalue weighted by Crippen LogP contribution is -2.49.